The number of anilines is 3. The van der Waals surface area contributed by atoms with E-state index in [0.29, 0.717) is 26.2 Å². The Balaban J connectivity index is 1.53. The van der Waals surface area contributed by atoms with Crippen molar-refractivity contribution in [2.24, 2.45) is 0 Å². The summed E-state index contributed by atoms with van der Waals surface area (Å²) in [5.41, 5.74) is -1.21. The Kier molecular flexibility index (Phi) is 6.24. The summed E-state index contributed by atoms with van der Waals surface area (Å²) in [6, 6.07) is 10.7. The first kappa shape index (κ1) is 22.2. The van der Waals surface area contributed by atoms with Gasteiger partial charge in [-0.05, 0) is 23.8 Å². The Labute approximate surface area is 187 Å². The number of nitro groups is 1. The van der Waals surface area contributed by atoms with Crippen molar-refractivity contribution in [1.29, 1.82) is 0 Å². The molecule has 172 valence electrons. The van der Waals surface area contributed by atoms with Crippen molar-refractivity contribution >= 4 is 23.1 Å². The van der Waals surface area contributed by atoms with E-state index in [-0.39, 0.29) is 29.4 Å². The summed E-state index contributed by atoms with van der Waals surface area (Å²) < 4.78 is 39.8. The Hall–Kier alpha value is -3.96. The molecule has 0 bridgehead atoms. The van der Waals surface area contributed by atoms with Crippen LogP contribution in [-0.4, -0.2) is 46.1 Å². The van der Waals surface area contributed by atoms with Gasteiger partial charge in [0.15, 0.2) is 0 Å². The fourth-order valence-electron chi connectivity index (χ4n) is 3.72. The molecule has 3 heterocycles. The fraction of sp³-hybridized carbons (Fsp3) is 0.286. The highest BCUT2D eigenvalue weighted by Crippen LogP contribution is 2.35. The molecule has 33 heavy (non-hydrogen) atoms. The molecule has 1 N–H and O–H groups in total. The monoisotopic (exact) mass is 459 g/mol. The molecule has 0 spiro atoms. The number of pyridine rings is 1. The first-order valence-corrected chi connectivity index (χ1v) is 10.1. The summed E-state index contributed by atoms with van der Waals surface area (Å²) in [6.45, 7) is 1.82. The molecular formula is C21H20F3N7O2. The molecule has 0 saturated carbocycles. The van der Waals surface area contributed by atoms with Gasteiger partial charge in [-0.2, -0.15) is 13.2 Å². The molecule has 1 aliphatic heterocycles. The van der Waals surface area contributed by atoms with E-state index in [9.17, 15) is 23.3 Å². The average molecular weight is 459 g/mol. The minimum absolute atomic E-state index is 0.0385. The van der Waals surface area contributed by atoms with Crippen molar-refractivity contribution in [3.05, 3.63) is 76.2 Å². The second-order valence-electron chi connectivity index (χ2n) is 7.32. The lowest BCUT2D eigenvalue weighted by Crippen LogP contribution is -2.47. The molecule has 0 aliphatic carbocycles. The Morgan fingerprint density at radius 1 is 0.970 bits per heavy atom. The van der Waals surface area contributed by atoms with E-state index in [4.69, 9.17) is 0 Å². The van der Waals surface area contributed by atoms with Crippen molar-refractivity contribution in [3.63, 3.8) is 0 Å². The minimum atomic E-state index is -4.53. The number of nitrogens with zero attached hydrogens (tertiary/aromatic N) is 6. The lowest BCUT2D eigenvalue weighted by molar-refractivity contribution is -0.383. The third-order valence-corrected chi connectivity index (χ3v) is 5.31. The molecule has 0 radical (unpaired) electrons. The molecule has 1 aliphatic rings. The highest BCUT2D eigenvalue weighted by molar-refractivity contribution is 5.70. The second kappa shape index (κ2) is 9.27. The van der Waals surface area contributed by atoms with Gasteiger partial charge in [0.25, 0.3) is 0 Å². The van der Waals surface area contributed by atoms with E-state index < -0.39 is 16.7 Å². The van der Waals surface area contributed by atoms with Gasteiger partial charge in [0, 0.05) is 38.9 Å². The average Bonchev–Trinajstić information content (AvgIpc) is 2.82. The van der Waals surface area contributed by atoms with Gasteiger partial charge in [-0.25, -0.2) is 15.0 Å². The smallest absolute Gasteiger partial charge is 0.360 e. The van der Waals surface area contributed by atoms with E-state index in [2.05, 4.69) is 25.2 Å². The zero-order valence-electron chi connectivity index (χ0n) is 17.4. The number of benzene rings is 1. The van der Waals surface area contributed by atoms with E-state index in [1.807, 2.05) is 18.2 Å². The molecule has 0 unspecified atom stereocenters. The highest BCUT2D eigenvalue weighted by atomic mass is 19.4. The van der Waals surface area contributed by atoms with Gasteiger partial charge in [-0.3, -0.25) is 10.1 Å². The maximum absolute atomic E-state index is 13.3. The van der Waals surface area contributed by atoms with Gasteiger partial charge in [-0.15, -0.1) is 0 Å². The predicted octanol–water partition coefficient (Wildman–Crippen LogP) is 3.74. The van der Waals surface area contributed by atoms with Crippen LogP contribution in [0.2, 0.25) is 0 Å². The van der Waals surface area contributed by atoms with Gasteiger partial charge in [0.05, 0.1) is 10.5 Å². The molecule has 2 aromatic heterocycles. The van der Waals surface area contributed by atoms with Crippen LogP contribution < -0.4 is 15.1 Å². The fourth-order valence-corrected chi connectivity index (χ4v) is 3.72. The maximum atomic E-state index is 13.3. The number of aromatic nitrogens is 3. The predicted molar refractivity (Wildman–Crippen MR) is 116 cm³/mol. The van der Waals surface area contributed by atoms with Gasteiger partial charge in [-0.1, -0.05) is 24.3 Å². The number of alkyl halides is 3. The Morgan fingerprint density at radius 2 is 1.67 bits per heavy atom. The van der Waals surface area contributed by atoms with Crippen LogP contribution in [0.25, 0.3) is 0 Å². The van der Waals surface area contributed by atoms with Crippen LogP contribution in [-0.2, 0) is 12.7 Å². The molecule has 3 aromatic rings. The van der Waals surface area contributed by atoms with Crippen LogP contribution in [0.4, 0.5) is 36.3 Å². The summed E-state index contributed by atoms with van der Waals surface area (Å²) >= 11 is 0. The van der Waals surface area contributed by atoms with Gasteiger partial charge in [0.2, 0.25) is 11.6 Å². The molecule has 12 heteroatoms. The van der Waals surface area contributed by atoms with E-state index in [0.717, 1.165) is 11.9 Å². The number of piperazine rings is 1. The number of rotatable bonds is 6. The molecular weight excluding hydrogens is 439 g/mol. The van der Waals surface area contributed by atoms with Crippen LogP contribution >= 0.6 is 0 Å². The lowest BCUT2D eigenvalue weighted by Gasteiger charge is -2.35. The van der Waals surface area contributed by atoms with Crippen LogP contribution in [0.5, 0.6) is 0 Å². The molecule has 0 atom stereocenters. The number of hydrogen-bond donors (Lipinski definition) is 1. The molecule has 1 saturated heterocycles. The SMILES string of the molecule is O=[N+]([O-])c1c(NCc2ccccc2C(F)(F)F)ncnc1N1CCN(c2ccccn2)CC1. The topological polar surface area (TPSA) is 100 Å². The zero-order valence-corrected chi connectivity index (χ0v) is 17.4. The van der Waals surface area contributed by atoms with Crippen LogP contribution in [0.15, 0.2) is 55.0 Å². The minimum Gasteiger partial charge on any atom is -0.360 e. The third-order valence-electron chi connectivity index (χ3n) is 5.31. The summed E-state index contributed by atoms with van der Waals surface area (Å²) in [4.78, 5) is 27.5. The quantitative estimate of drug-likeness (QED) is 0.440. The first-order chi connectivity index (χ1) is 15.8. The van der Waals surface area contributed by atoms with Gasteiger partial charge in [0.1, 0.15) is 12.1 Å². The van der Waals surface area contributed by atoms with Gasteiger partial charge >= 0.3 is 11.9 Å². The summed E-state index contributed by atoms with van der Waals surface area (Å²) in [5, 5.41) is 14.6. The molecule has 9 nitrogen and oxygen atoms in total. The van der Waals surface area contributed by atoms with Crippen molar-refractivity contribution in [1.82, 2.24) is 15.0 Å². The Morgan fingerprint density at radius 3 is 2.33 bits per heavy atom. The third kappa shape index (κ3) is 4.94. The molecule has 1 aromatic carbocycles. The van der Waals surface area contributed by atoms with Crippen molar-refractivity contribution in [2.45, 2.75) is 12.7 Å². The largest absolute Gasteiger partial charge is 0.416 e. The van der Waals surface area contributed by atoms with E-state index >= 15 is 0 Å². The summed E-state index contributed by atoms with van der Waals surface area (Å²) in [6.07, 6.45) is -1.66. The standard InChI is InChI=1S/C21H20F3N7O2/c22-21(23,24)16-6-2-1-5-15(16)13-26-19-18(31(32)33)20(28-14-27-19)30-11-9-29(10-12-30)17-7-3-4-8-25-17/h1-8,14H,9-13H2,(H,26,27,28). The molecule has 4 rings (SSSR count). The number of hydrogen-bond acceptors (Lipinski definition) is 8. The van der Waals surface area contributed by atoms with E-state index in [1.165, 1.54) is 24.5 Å². The first-order valence-electron chi connectivity index (χ1n) is 10.1. The van der Waals surface area contributed by atoms with Crippen LogP contribution in [0.1, 0.15) is 11.1 Å². The van der Waals surface area contributed by atoms with Crippen LogP contribution in [0.3, 0.4) is 0 Å². The number of halogens is 3. The second-order valence-corrected chi connectivity index (χ2v) is 7.32. The normalized spacial score (nSPS) is 14.3. The van der Waals surface area contributed by atoms with Gasteiger partial charge < -0.3 is 15.1 Å². The van der Waals surface area contributed by atoms with E-state index in [1.54, 1.807) is 11.1 Å². The van der Waals surface area contributed by atoms with Crippen LogP contribution in [0, 0.1) is 10.1 Å². The summed E-state index contributed by atoms with van der Waals surface area (Å²) in [5.74, 6) is 0.816. The molecule has 0 amide bonds. The van der Waals surface area contributed by atoms with Crippen molar-refractivity contribution in [2.75, 3.05) is 41.3 Å². The lowest BCUT2D eigenvalue weighted by atomic mass is 10.1. The Bertz CT molecular complexity index is 1120. The maximum Gasteiger partial charge on any atom is 0.416 e. The highest BCUT2D eigenvalue weighted by Gasteiger charge is 2.33. The number of nitrogens with one attached hydrogen (secondary N) is 1. The van der Waals surface area contributed by atoms with Crippen molar-refractivity contribution in [3.8, 4) is 0 Å². The molecule has 1 fully saturated rings. The zero-order chi connectivity index (χ0) is 23.4. The summed E-state index contributed by atoms with van der Waals surface area (Å²) in [7, 11) is 0. The van der Waals surface area contributed by atoms with Crippen molar-refractivity contribution < 1.29 is 18.1 Å².